The zero-order valence-electron chi connectivity index (χ0n) is 10.8. The fraction of sp³-hybridized carbons (Fsp3) is 0.0588. The van der Waals surface area contributed by atoms with Gasteiger partial charge in [0, 0.05) is 11.6 Å². The lowest BCUT2D eigenvalue weighted by Gasteiger charge is -2.08. The van der Waals surface area contributed by atoms with E-state index in [4.69, 9.17) is 10.00 Å². The van der Waals surface area contributed by atoms with Gasteiger partial charge in [0.25, 0.3) is 0 Å². The Kier molecular flexibility index (Phi) is 3.30. The average molecular weight is 260 g/mol. The van der Waals surface area contributed by atoms with Crippen LogP contribution in [0.1, 0.15) is 11.1 Å². The molecule has 0 bridgehead atoms. The molecule has 3 nitrogen and oxygen atoms in total. The molecule has 0 spiro atoms. The number of aromatic nitrogens is 1. The lowest BCUT2D eigenvalue weighted by molar-refractivity contribution is 0.305. The molecule has 0 fully saturated rings. The molecule has 0 atom stereocenters. The van der Waals surface area contributed by atoms with Gasteiger partial charge in [-0.2, -0.15) is 5.26 Å². The van der Waals surface area contributed by atoms with E-state index in [0.717, 1.165) is 16.5 Å². The van der Waals surface area contributed by atoms with Crippen molar-refractivity contribution in [2.45, 2.75) is 6.61 Å². The van der Waals surface area contributed by atoms with E-state index in [0.29, 0.717) is 17.9 Å². The molecule has 3 rings (SSSR count). The molecule has 0 aliphatic heterocycles. The molecule has 3 aromatic rings. The van der Waals surface area contributed by atoms with E-state index < -0.39 is 0 Å². The predicted octanol–water partition coefficient (Wildman–Crippen LogP) is 3.69. The van der Waals surface area contributed by atoms with Crippen LogP contribution >= 0.6 is 0 Å². The highest BCUT2D eigenvalue weighted by Crippen LogP contribution is 2.19. The van der Waals surface area contributed by atoms with Crippen molar-refractivity contribution in [1.29, 1.82) is 5.26 Å². The minimum atomic E-state index is 0.434. The van der Waals surface area contributed by atoms with Gasteiger partial charge < -0.3 is 4.74 Å². The maximum absolute atomic E-state index is 9.02. The van der Waals surface area contributed by atoms with Crippen molar-refractivity contribution < 1.29 is 4.74 Å². The number of nitriles is 1. The number of para-hydroxylation sites is 1. The van der Waals surface area contributed by atoms with Gasteiger partial charge in [0.15, 0.2) is 0 Å². The normalized spacial score (nSPS) is 10.2. The summed E-state index contributed by atoms with van der Waals surface area (Å²) in [4.78, 5) is 4.28. The number of benzene rings is 2. The Bertz CT molecular complexity index is 790. The molecular formula is C17H12N2O. The molecule has 0 aliphatic rings. The third-order valence-corrected chi connectivity index (χ3v) is 3.07. The lowest BCUT2D eigenvalue weighted by Crippen LogP contribution is -1.97. The second-order valence-electron chi connectivity index (χ2n) is 4.43. The van der Waals surface area contributed by atoms with Gasteiger partial charge in [-0.1, -0.05) is 24.3 Å². The molecular weight excluding hydrogens is 248 g/mol. The first kappa shape index (κ1) is 12.2. The minimum Gasteiger partial charge on any atom is -0.488 e. The average Bonchev–Trinajstić information content (AvgIpc) is 2.53. The van der Waals surface area contributed by atoms with Crippen LogP contribution in [-0.4, -0.2) is 4.98 Å². The van der Waals surface area contributed by atoms with Gasteiger partial charge >= 0.3 is 0 Å². The van der Waals surface area contributed by atoms with E-state index >= 15 is 0 Å². The molecule has 20 heavy (non-hydrogen) atoms. The first-order chi connectivity index (χ1) is 9.86. The van der Waals surface area contributed by atoms with E-state index in [9.17, 15) is 0 Å². The summed E-state index contributed by atoms with van der Waals surface area (Å²) in [5.41, 5.74) is 2.57. The van der Waals surface area contributed by atoms with Crippen LogP contribution in [0.4, 0.5) is 0 Å². The molecule has 2 aromatic carbocycles. The monoisotopic (exact) mass is 260 g/mol. The van der Waals surface area contributed by atoms with Crippen LogP contribution in [0.3, 0.4) is 0 Å². The summed E-state index contributed by atoms with van der Waals surface area (Å²) in [7, 11) is 0. The fourth-order valence-electron chi connectivity index (χ4n) is 2.06. The van der Waals surface area contributed by atoms with Crippen LogP contribution in [0.25, 0.3) is 10.9 Å². The van der Waals surface area contributed by atoms with Gasteiger partial charge in [-0.05, 0) is 35.9 Å². The molecule has 3 heteroatoms. The van der Waals surface area contributed by atoms with Crippen LogP contribution in [0.2, 0.25) is 0 Å². The number of nitrogens with zero attached hydrogens (tertiary/aromatic N) is 2. The Labute approximate surface area is 117 Å². The summed E-state index contributed by atoms with van der Waals surface area (Å²) in [5, 5.41) is 10.1. The molecule has 0 amide bonds. The lowest BCUT2D eigenvalue weighted by atomic mass is 10.1. The minimum absolute atomic E-state index is 0.434. The van der Waals surface area contributed by atoms with Gasteiger partial charge in [-0.3, -0.25) is 4.98 Å². The van der Waals surface area contributed by atoms with Crippen molar-refractivity contribution in [2.24, 2.45) is 0 Å². The Morgan fingerprint density at radius 3 is 2.85 bits per heavy atom. The van der Waals surface area contributed by atoms with Crippen LogP contribution in [0.15, 0.2) is 60.8 Å². The molecule has 96 valence electrons. The Morgan fingerprint density at radius 2 is 1.95 bits per heavy atom. The molecule has 0 N–H and O–H groups in total. The van der Waals surface area contributed by atoms with Crippen molar-refractivity contribution in [3.05, 3.63) is 71.9 Å². The van der Waals surface area contributed by atoms with Crippen LogP contribution < -0.4 is 4.74 Å². The highest BCUT2D eigenvalue weighted by Gasteiger charge is 2.03. The maximum atomic E-state index is 9.02. The molecule has 0 radical (unpaired) electrons. The molecule has 1 aromatic heterocycles. The highest BCUT2D eigenvalue weighted by molar-refractivity contribution is 5.78. The van der Waals surface area contributed by atoms with Gasteiger partial charge in [-0.25, -0.2) is 0 Å². The number of hydrogen-bond acceptors (Lipinski definition) is 3. The second-order valence-corrected chi connectivity index (χ2v) is 4.43. The van der Waals surface area contributed by atoms with Gasteiger partial charge in [0.05, 0.1) is 11.1 Å². The summed E-state index contributed by atoms with van der Waals surface area (Å²) in [6.45, 7) is 0.434. The third-order valence-electron chi connectivity index (χ3n) is 3.07. The van der Waals surface area contributed by atoms with Gasteiger partial charge in [-0.15, -0.1) is 0 Å². The number of pyridine rings is 1. The van der Waals surface area contributed by atoms with E-state index in [1.54, 1.807) is 18.3 Å². The summed E-state index contributed by atoms with van der Waals surface area (Å²) in [6.07, 6.45) is 1.78. The van der Waals surface area contributed by atoms with Crippen molar-refractivity contribution in [1.82, 2.24) is 4.98 Å². The van der Waals surface area contributed by atoms with Crippen molar-refractivity contribution in [3.8, 4) is 11.8 Å². The molecule has 0 aliphatic carbocycles. The molecule has 1 heterocycles. The van der Waals surface area contributed by atoms with Crippen molar-refractivity contribution in [2.75, 3.05) is 0 Å². The third kappa shape index (κ3) is 2.45. The summed E-state index contributed by atoms with van der Waals surface area (Å²) in [6, 6.07) is 19.3. The van der Waals surface area contributed by atoms with E-state index in [2.05, 4.69) is 17.1 Å². The first-order valence-corrected chi connectivity index (χ1v) is 6.32. The summed E-state index contributed by atoms with van der Waals surface area (Å²) >= 11 is 0. The van der Waals surface area contributed by atoms with Crippen LogP contribution in [-0.2, 0) is 6.61 Å². The van der Waals surface area contributed by atoms with E-state index in [1.807, 2.05) is 36.4 Å². The maximum Gasteiger partial charge on any atom is 0.137 e. The first-order valence-electron chi connectivity index (χ1n) is 6.32. The van der Waals surface area contributed by atoms with Crippen molar-refractivity contribution >= 4 is 10.9 Å². The predicted molar refractivity (Wildman–Crippen MR) is 77.2 cm³/mol. The Hall–Kier alpha value is -2.86. The quantitative estimate of drug-likeness (QED) is 0.721. The summed E-state index contributed by atoms with van der Waals surface area (Å²) < 4.78 is 5.72. The number of hydrogen-bond donors (Lipinski definition) is 0. The molecule has 0 saturated heterocycles. The van der Waals surface area contributed by atoms with Crippen LogP contribution in [0.5, 0.6) is 5.75 Å². The van der Waals surface area contributed by atoms with Gasteiger partial charge in [0.2, 0.25) is 0 Å². The van der Waals surface area contributed by atoms with Crippen molar-refractivity contribution in [3.63, 3.8) is 0 Å². The second kappa shape index (κ2) is 5.41. The Morgan fingerprint density at radius 1 is 1.05 bits per heavy atom. The van der Waals surface area contributed by atoms with Gasteiger partial charge in [0.1, 0.15) is 18.4 Å². The number of rotatable bonds is 3. The highest BCUT2D eigenvalue weighted by atomic mass is 16.5. The largest absolute Gasteiger partial charge is 0.488 e. The smallest absolute Gasteiger partial charge is 0.137 e. The van der Waals surface area contributed by atoms with E-state index in [-0.39, 0.29) is 0 Å². The molecule has 0 unspecified atom stereocenters. The van der Waals surface area contributed by atoms with E-state index in [1.165, 1.54) is 0 Å². The zero-order valence-corrected chi connectivity index (χ0v) is 10.8. The zero-order chi connectivity index (χ0) is 13.8. The fourth-order valence-corrected chi connectivity index (χ4v) is 2.06. The topological polar surface area (TPSA) is 45.9 Å². The number of fused-ring (bicyclic) bond motifs is 1. The Balaban J connectivity index is 1.82. The molecule has 0 saturated carbocycles. The standard InChI is InChI=1S/C17H12N2O/c18-11-15-4-1-2-6-17(15)20-12-13-7-8-16-14(10-13)5-3-9-19-16/h1-10H,12H2. The summed E-state index contributed by atoms with van der Waals surface area (Å²) in [5.74, 6) is 0.612. The SMILES string of the molecule is N#Cc1ccccc1OCc1ccc2ncccc2c1. The van der Waals surface area contributed by atoms with Crippen LogP contribution in [0, 0.1) is 11.3 Å². The number of ether oxygens (including phenoxy) is 1.